The van der Waals surface area contributed by atoms with Gasteiger partial charge in [0.25, 0.3) is 0 Å². The lowest BCUT2D eigenvalue weighted by Crippen LogP contribution is -2.46. The van der Waals surface area contributed by atoms with Gasteiger partial charge in [-0.3, -0.25) is 4.90 Å². The van der Waals surface area contributed by atoms with Crippen LogP contribution in [0.5, 0.6) is 0 Å². The molecular weight excluding hydrogens is 258 g/mol. The normalized spacial score (nSPS) is 19.9. The van der Waals surface area contributed by atoms with Crippen LogP contribution in [0.1, 0.15) is 60.8 Å². The van der Waals surface area contributed by atoms with Crippen LogP contribution in [-0.4, -0.2) is 60.6 Å². The number of hydrogen-bond acceptors (Lipinski definition) is 3. The zero-order valence-corrected chi connectivity index (χ0v) is 15.4. The summed E-state index contributed by atoms with van der Waals surface area (Å²) in [6.07, 6.45) is 4.02. The van der Waals surface area contributed by atoms with E-state index in [1.807, 2.05) is 0 Å². The first-order valence-electron chi connectivity index (χ1n) is 9.17. The molecule has 1 aliphatic rings. The minimum Gasteiger partial charge on any atom is -0.313 e. The molecule has 0 aromatic heterocycles. The summed E-state index contributed by atoms with van der Waals surface area (Å²) in [6, 6.07) is 1.94. The van der Waals surface area contributed by atoms with E-state index in [2.05, 4.69) is 56.7 Å². The van der Waals surface area contributed by atoms with Crippen LogP contribution in [0, 0.1) is 5.92 Å². The first-order chi connectivity index (χ1) is 9.95. The van der Waals surface area contributed by atoms with Crippen LogP contribution in [0.3, 0.4) is 0 Å². The summed E-state index contributed by atoms with van der Waals surface area (Å²) >= 11 is 0. The highest BCUT2D eigenvalue weighted by Crippen LogP contribution is 2.20. The van der Waals surface area contributed by atoms with E-state index in [0.29, 0.717) is 18.1 Å². The first kappa shape index (κ1) is 18.9. The van der Waals surface area contributed by atoms with Crippen molar-refractivity contribution in [1.29, 1.82) is 0 Å². The first-order valence-corrected chi connectivity index (χ1v) is 9.17. The topological polar surface area (TPSA) is 18.5 Å². The molecule has 21 heavy (non-hydrogen) atoms. The highest BCUT2D eigenvalue weighted by molar-refractivity contribution is 4.80. The van der Waals surface area contributed by atoms with Crippen LogP contribution in [0.15, 0.2) is 0 Å². The predicted octanol–water partition coefficient (Wildman–Crippen LogP) is 3.21. The van der Waals surface area contributed by atoms with Crippen molar-refractivity contribution in [3.63, 3.8) is 0 Å². The van der Waals surface area contributed by atoms with Crippen LogP contribution in [0.2, 0.25) is 0 Å². The smallest absolute Gasteiger partial charge is 0.0112 e. The summed E-state index contributed by atoms with van der Waals surface area (Å²) in [7, 11) is 0. The number of nitrogens with zero attached hydrogens (tertiary/aromatic N) is 2. The Balaban J connectivity index is 2.23. The van der Waals surface area contributed by atoms with Crippen molar-refractivity contribution in [2.75, 3.05) is 32.7 Å². The summed E-state index contributed by atoms with van der Waals surface area (Å²) in [5, 5.41) is 3.78. The molecule has 1 heterocycles. The van der Waals surface area contributed by atoms with Gasteiger partial charge in [-0.25, -0.2) is 0 Å². The SMILES string of the molecule is CCCN1CCC(C(C)NCCN(C(C)C)C(C)C)CC1. The Morgan fingerprint density at radius 2 is 1.62 bits per heavy atom. The summed E-state index contributed by atoms with van der Waals surface area (Å²) in [6.45, 7) is 20.0. The number of rotatable bonds is 9. The molecule has 3 nitrogen and oxygen atoms in total. The fourth-order valence-electron chi connectivity index (χ4n) is 3.69. The van der Waals surface area contributed by atoms with E-state index in [9.17, 15) is 0 Å². The van der Waals surface area contributed by atoms with E-state index in [4.69, 9.17) is 0 Å². The average molecular weight is 298 g/mol. The van der Waals surface area contributed by atoms with Gasteiger partial charge in [0.1, 0.15) is 0 Å². The number of hydrogen-bond donors (Lipinski definition) is 1. The third-order valence-corrected chi connectivity index (χ3v) is 5.04. The molecule has 0 aromatic carbocycles. The third kappa shape index (κ3) is 6.66. The molecule has 0 spiro atoms. The van der Waals surface area contributed by atoms with Crippen LogP contribution >= 0.6 is 0 Å². The van der Waals surface area contributed by atoms with Gasteiger partial charge >= 0.3 is 0 Å². The van der Waals surface area contributed by atoms with Gasteiger partial charge in [0.2, 0.25) is 0 Å². The number of nitrogens with one attached hydrogen (secondary N) is 1. The molecular formula is C18H39N3. The van der Waals surface area contributed by atoms with Crippen LogP contribution in [0.25, 0.3) is 0 Å². The minimum atomic E-state index is 0.638. The molecule has 0 aliphatic carbocycles. The summed E-state index contributed by atoms with van der Waals surface area (Å²) in [5.41, 5.74) is 0. The zero-order valence-electron chi connectivity index (χ0n) is 15.4. The molecule has 0 radical (unpaired) electrons. The molecule has 1 rings (SSSR count). The second-order valence-electron chi connectivity index (χ2n) is 7.35. The van der Waals surface area contributed by atoms with Crippen LogP contribution in [0.4, 0.5) is 0 Å². The van der Waals surface area contributed by atoms with E-state index in [1.54, 1.807) is 0 Å². The van der Waals surface area contributed by atoms with Gasteiger partial charge in [-0.05, 0) is 79.4 Å². The fourth-order valence-corrected chi connectivity index (χ4v) is 3.69. The van der Waals surface area contributed by atoms with Crippen molar-refractivity contribution >= 4 is 0 Å². The van der Waals surface area contributed by atoms with Crippen molar-refractivity contribution in [3.8, 4) is 0 Å². The molecule has 1 saturated heterocycles. The van der Waals surface area contributed by atoms with Crippen LogP contribution in [-0.2, 0) is 0 Å². The molecule has 0 bridgehead atoms. The minimum absolute atomic E-state index is 0.638. The lowest BCUT2D eigenvalue weighted by molar-refractivity contribution is 0.150. The quantitative estimate of drug-likeness (QED) is 0.705. The molecule has 0 saturated carbocycles. The maximum atomic E-state index is 3.78. The Bertz CT molecular complexity index is 249. The fraction of sp³-hybridized carbons (Fsp3) is 1.00. The van der Waals surface area contributed by atoms with Crippen molar-refractivity contribution < 1.29 is 0 Å². The Morgan fingerprint density at radius 1 is 1.05 bits per heavy atom. The maximum absolute atomic E-state index is 3.78. The van der Waals surface area contributed by atoms with Gasteiger partial charge in [-0.1, -0.05) is 6.92 Å². The summed E-state index contributed by atoms with van der Waals surface area (Å²) < 4.78 is 0. The molecule has 1 fully saturated rings. The van der Waals surface area contributed by atoms with Gasteiger partial charge < -0.3 is 10.2 Å². The largest absolute Gasteiger partial charge is 0.313 e. The second-order valence-corrected chi connectivity index (χ2v) is 7.35. The zero-order chi connectivity index (χ0) is 15.8. The number of piperidine rings is 1. The molecule has 0 amide bonds. The highest BCUT2D eigenvalue weighted by Gasteiger charge is 2.23. The molecule has 0 aromatic rings. The van der Waals surface area contributed by atoms with Crippen molar-refractivity contribution in [1.82, 2.24) is 15.1 Å². The molecule has 3 heteroatoms. The molecule has 1 unspecified atom stereocenters. The Kier molecular flexibility index (Phi) is 8.84. The molecule has 1 N–H and O–H groups in total. The Hall–Kier alpha value is -0.120. The summed E-state index contributed by atoms with van der Waals surface area (Å²) in [5.74, 6) is 0.865. The molecule has 1 aliphatic heterocycles. The lowest BCUT2D eigenvalue weighted by atomic mass is 9.90. The van der Waals surface area contributed by atoms with E-state index in [1.165, 1.54) is 38.9 Å². The Morgan fingerprint density at radius 3 is 2.10 bits per heavy atom. The second kappa shape index (κ2) is 9.81. The van der Waals surface area contributed by atoms with E-state index in [-0.39, 0.29) is 0 Å². The third-order valence-electron chi connectivity index (χ3n) is 5.04. The number of likely N-dealkylation sites (tertiary alicyclic amines) is 1. The van der Waals surface area contributed by atoms with Gasteiger partial charge in [-0.2, -0.15) is 0 Å². The van der Waals surface area contributed by atoms with Gasteiger partial charge in [-0.15, -0.1) is 0 Å². The van der Waals surface area contributed by atoms with Crippen molar-refractivity contribution in [3.05, 3.63) is 0 Å². The average Bonchev–Trinajstić information content (AvgIpc) is 2.43. The maximum Gasteiger partial charge on any atom is 0.0112 e. The van der Waals surface area contributed by atoms with Crippen LogP contribution < -0.4 is 5.32 Å². The van der Waals surface area contributed by atoms with Crippen molar-refractivity contribution in [2.45, 2.75) is 78.9 Å². The summed E-state index contributed by atoms with van der Waals surface area (Å²) in [4.78, 5) is 5.20. The van der Waals surface area contributed by atoms with Gasteiger partial charge in [0, 0.05) is 31.2 Å². The lowest BCUT2D eigenvalue weighted by Gasteiger charge is -2.36. The molecule has 1 atom stereocenters. The van der Waals surface area contributed by atoms with Gasteiger partial charge in [0.05, 0.1) is 0 Å². The Labute approximate surface area is 133 Å². The van der Waals surface area contributed by atoms with E-state index < -0.39 is 0 Å². The monoisotopic (exact) mass is 297 g/mol. The van der Waals surface area contributed by atoms with Gasteiger partial charge in [0.15, 0.2) is 0 Å². The van der Waals surface area contributed by atoms with E-state index in [0.717, 1.165) is 19.0 Å². The predicted molar refractivity (Wildman–Crippen MR) is 93.9 cm³/mol. The standard InChI is InChI=1S/C18H39N3/c1-7-11-20-12-8-18(9-13-20)17(6)19-10-14-21(15(2)3)16(4)5/h15-19H,7-14H2,1-6H3. The molecule has 126 valence electrons. The highest BCUT2D eigenvalue weighted by atomic mass is 15.2. The van der Waals surface area contributed by atoms with E-state index >= 15 is 0 Å². The van der Waals surface area contributed by atoms with Crippen molar-refractivity contribution in [2.24, 2.45) is 5.92 Å².